The number of benzene rings is 1. The summed E-state index contributed by atoms with van der Waals surface area (Å²) in [6, 6.07) is 3.74. The van der Waals surface area contributed by atoms with Crippen molar-refractivity contribution >= 4 is 11.9 Å². The SMILES string of the molecule is Cc1ccc(O)c(C(=O)NC(C)(C(=O)O)C(F)(F)F)c1. The third kappa shape index (κ3) is 2.84. The molecule has 0 saturated carbocycles. The largest absolute Gasteiger partial charge is 0.507 e. The van der Waals surface area contributed by atoms with E-state index >= 15 is 0 Å². The maximum Gasteiger partial charge on any atom is 0.422 e. The standard InChI is InChI=1S/C12H12F3NO4/c1-6-3-4-8(17)7(5-6)9(18)16-11(2,10(19)20)12(13,14)15/h3-5,17H,1-2H3,(H,16,18)(H,19,20). The molecule has 1 rings (SSSR count). The van der Waals surface area contributed by atoms with Gasteiger partial charge in [-0.1, -0.05) is 11.6 Å². The van der Waals surface area contributed by atoms with E-state index in [0.29, 0.717) is 12.5 Å². The van der Waals surface area contributed by atoms with E-state index in [2.05, 4.69) is 0 Å². The van der Waals surface area contributed by atoms with Crippen molar-refractivity contribution in [1.82, 2.24) is 5.32 Å². The summed E-state index contributed by atoms with van der Waals surface area (Å²) in [4.78, 5) is 22.5. The zero-order chi connectivity index (χ0) is 15.7. The Morgan fingerprint density at radius 3 is 2.25 bits per heavy atom. The molecule has 0 fully saturated rings. The molecule has 0 heterocycles. The van der Waals surface area contributed by atoms with Gasteiger partial charge in [0.2, 0.25) is 5.54 Å². The van der Waals surface area contributed by atoms with E-state index in [1.54, 1.807) is 6.92 Å². The van der Waals surface area contributed by atoms with Crippen LogP contribution in [0.3, 0.4) is 0 Å². The molecule has 1 atom stereocenters. The highest BCUT2D eigenvalue weighted by Gasteiger charge is 2.58. The number of carboxylic acid groups (broad SMARTS) is 1. The molecule has 1 amide bonds. The number of aromatic hydroxyl groups is 1. The second kappa shape index (κ2) is 5.03. The topological polar surface area (TPSA) is 86.6 Å². The third-order valence-electron chi connectivity index (χ3n) is 2.75. The van der Waals surface area contributed by atoms with Crippen LogP contribution in [0.2, 0.25) is 0 Å². The van der Waals surface area contributed by atoms with Crippen molar-refractivity contribution in [3.63, 3.8) is 0 Å². The molecule has 8 heteroatoms. The maximum atomic E-state index is 12.8. The van der Waals surface area contributed by atoms with Gasteiger partial charge in [-0.2, -0.15) is 13.2 Å². The van der Waals surface area contributed by atoms with E-state index in [1.165, 1.54) is 11.4 Å². The van der Waals surface area contributed by atoms with Crippen LogP contribution in [0.4, 0.5) is 13.2 Å². The van der Waals surface area contributed by atoms with Gasteiger partial charge in [0.15, 0.2) is 0 Å². The van der Waals surface area contributed by atoms with E-state index in [1.807, 2.05) is 0 Å². The van der Waals surface area contributed by atoms with Gasteiger partial charge in [-0.05, 0) is 26.0 Å². The first-order valence-corrected chi connectivity index (χ1v) is 5.41. The summed E-state index contributed by atoms with van der Waals surface area (Å²) in [6.07, 6.45) is -5.19. The van der Waals surface area contributed by atoms with E-state index in [0.717, 1.165) is 12.1 Å². The number of phenols is 1. The van der Waals surface area contributed by atoms with Crippen LogP contribution in [-0.4, -0.2) is 33.8 Å². The predicted octanol–water partition coefficient (Wildman–Crippen LogP) is 1.84. The van der Waals surface area contributed by atoms with Crippen molar-refractivity contribution in [3.8, 4) is 5.75 Å². The predicted molar refractivity (Wildman–Crippen MR) is 62.4 cm³/mol. The Morgan fingerprint density at radius 1 is 1.25 bits per heavy atom. The minimum absolute atomic E-state index is 0.333. The van der Waals surface area contributed by atoms with Gasteiger partial charge in [-0.25, -0.2) is 4.79 Å². The number of aliphatic carboxylic acids is 1. The van der Waals surface area contributed by atoms with Crippen molar-refractivity contribution in [2.45, 2.75) is 25.6 Å². The lowest BCUT2D eigenvalue weighted by Crippen LogP contribution is -2.61. The number of halogens is 3. The highest BCUT2D eigenvalue weighted by Crippen LogP contribution is 2.31. The molecule has 0 aliphatic rings. The normalized spacial score (nSPS) is 14.4. The lowest BCUT2D eigenvalue weighted by atomic mass is 10.0. The summed E-state index contributed by atoms with van der Waals surface area (Å²) < 4.78 is 38.3. The van der Waals surface area contributed by atoms with Crippen LogP contribution in [-0.2, 0) is 4.79 Å². The quantitative estimate of drug-likeness (QED) is 0.793. The van der Waals surface area contributed by atoms with Crippen LogP contribution >= 0.6 is 0 Å². The Balaban J connectivity index is 3.16. The first-order valence-electron chi connectivity index (χ1n) is 5.41. The van der Waals surface area contributed by atoms with Gasteiger partial charge in [0.1, 0.15) is 5.75 Å². The van der Waals surface area contributed by atoms with Crippen molar-refractivity contribution in [3.05, 3.63) is 29.3 Å². The first kappa shape index (κ1) is 15.8. The van der Waals surface area contributed by atoms with Crippen molar-refractivity contribution in [2.75, 3.05) is 0 Å². The molecule has 0 aliphatic carbocycles. The van der Waals surface area contributed by atoms with Crippen LogP contribution in [0.25, 0.3) is 0 Å². The van der Waals surface area contributed by atoms with E-state index in [4.69, 9.17) is 5.11 Å². The number of carboxylic acids is 1. The van der Waals surface area contributed by atoms with E-state index in [9.17, 15) is 27.9 Å². The number of carbonyl (C=O) groups excluding carboxylic acids is 1. The summed E-state index contributed by atoms with van der Waals surface area (Å²) >= 11 is 0. The van der Waals surface area contributed by atoms with Crippen LogP contribution in [0.15, 0.2) is 18.2 Å². The average Bonchev–Trinajstić information content (AvgIpc) is 2.30. The molecule has 20 heavy (non-hydrogen) atoms. The number of rotatable bonds is 3. The fourth-order valence-electron chi connectivity index (χ4n) is 1.37. The minimum Gasteiger partial charge on any atom is -0.507 e. The van der Waals surface area contributed by atoms with Gasteiger partial charge in [-0.3, -0.25) is 4.79 Å². The molecule has 1 aromatic rings. The first-order chi connectivity index (χ1) is 8.99. The monoisotopic (exact) mass is 291 g/mol. The van der Waals surface area contributed by atoms with Crippen LogP contribution < -0.4 is 5.32 Å². The minimum atomic E-state index is -5.19. The van der Waals surface area contributed by atoms with Gasteiger partial charge in [-0.15, -0.1) is 0 Å². The number of nitrogens with one attached hydrogen (secondary N) is 1. The number of phenolic OH excluding ortho intramolecular Hbond substituents is 1. The highest BCUT2D eigenvalue weighted by atomic mass is 19.4. The summed E-state index contributed by atoms with van der Waals surface area (Å²) in [5, 5.41) is 19.5. The Morgan fingerprint density at radius 2 is 1.80 bits per heavy atom. The molecule has 0 radical (unpaired) electrons. The molecule has 3 N–H and O–H groups in total. The Labute approximate surface area is 112 Å². The van der Waals surface area contributed by atoms with Gasteiger partial charge >= 0.3 is 12.1 Å². The molecule has 0 aromatic heterocycles. The molecule has 0 spiro atoms. The van der Waals surface area contributed by atoms with Crippen LogP contribution in [0.1, 0.15) is 22.8 Å². The number of alkyl halides is 3. The average molecular weight is 291 g/mol. The number of carbonyl (C=O) groups is 2. The highest BCUT2D eigenvalue weighted by molar-refractivity contribution is 6.00. The summed E-state index contributed by atoms with van der Waals surface area (Å²) in [5.74, 6) is -4.11. The summed E-state index contributed by atoms with van der Waals surface area (Å²) in [5.41, 5.74) is -3.35. The third-order valence-corrected chi connectivity index (χ3v) is 2.75. The lowest BCUT2D eigenvalue weighted by molar-refractivity contribution is -0.203. The molecule has 0 bridgehead atoms. The molecular weight excluding hydrogens is 279 g/mol. The molecule has 0 aliphatic heterocycles. The Kier molecular flexibility index (Phi) is 3.97. The second-order valence-electron chi connectivity index (χ2n) is 4.40. The van der Waals surface area contributed by atoms with Crippen molar-refractivity contribution in [1.29, 1.82) is 0 Å². The second-order valence-corrected chi connectivity index (χ2v) is 4.40. The molecule has 1 unspecified atom stereocenters. The van der Waals surface area contributed by atoms with Gasteiger partial charge in [0, 0.05) is 0 Å². The molecule has 1 aromatic carbocycles. The van der Waals surface area contributed by atoms with Crippen molar-refractivity contribution in [2.24, 2.45) is 0 Å². The van der Waals surface area contributed by atoms with E-state index < -0.39 is 34.9 Å². The van der Waals surface area contributed by atoms with Gasteiger partial charge in [0.05, 0.1) is 5.56 Å². The fourth-order valence-corrected chi connectivity index (χ4v) is 1.37. The Bertz CT molecular complexity index is 556. The molecular formula is C12H12F3NO4. The van der Waals surface area contributed by atoms with Crippen molar-refractivity contribution < 1.29 is 33.0 Å². The molecule has 5 nitrogen and oxygen atoms in total. The molecule has 110 valence electrons. The number of hydrogen-bond acceptors (Lipinski definition) is 3. The van der Waals surface area contributed by atoms with Crippen LogP contribution in [0, 0.1) is 6.92 Å². The van der Waals surface area contributed by atoms with Gasteiger partial charge < -0.3 is 15.5 Å². The zero-order valence-electron chi connectivity index (χ0n) is 10.6. The maximum absolute atomic E-state index is 12.8. The fraction of sp³-hybridized carbons (Fsp3) is 0.333. The number of aryl methyl sites for hydroxylation is 1. The summed E-state index contributed by atoms with van der Waals surface area (Å²) in [6.45, 7) is 1.90. The van der Waals surface area contributed by atoms with Crippen LogP contribution in [0.5, 0.6) is 5.75 Å². The molecule has 0 saturated heterocycles. The van der Waals surface area contributed by atoms with Gasteiger partial charge in [0.25, 0.3) is 5.91 Å². The number of amides is 1. The number of hydrogen-bond donors (Lipinski definition) is 3. The smallest absolute Gasteiger partial charge is 0.422 e. The summed E-state index contributed by atoms with van der Waals surface area (Å²) in [7, 11) is 0. The zero-order valence-corrected chi connectivity index (χ0v) is 10.6. The Hall–Kier alpha value is -2.25. The van der Waals surface area contributed by atoms with E-state index in [-0.39, 0.29) is 0 Å². The lowest BCUT2D eigenvalue weighted by Gasteiger charge is -2.28.